The summed E-state index contributed by atoms with van der Waals surface area (Å²) < 4.78 is 39.7. The van der Waals surface area contributed by atoms with Gasteiger partial charge in [0.25, 0.3) is 5.91 Å². The number of nitrogens with zero attached hydrogens (tertiary/aromatic N) is 1. The lowest BCUT2D eigenvalue weighted by Crippen LogP contribution is -2.44. The predicted molar refractivity (Wildman–Crippen MR) is 78.1 cm³/mol. The van der Waals surface area contributed by atoms with Crippen molar-refractivity contribution in [1.29, 1.82) is 0 Å². The Labute approximate surface area is 130 Å². The average Bonchev–Trinajstić information content (AvgIpc) is 2.35. The fourth-order valence-corrected chi connectivity index (χ4v) is 3.07. The van der Waals surface area contributed by atoms with Crippen LogP contribution in [0.15, 0.2) is 22.7 Å². The number of carbonyl (C=O) groups is 1. The Bertz CT molecular complexity index is 554. The third-order valence-electron chi connectivity index (χ3n) is 3.71. The van der Waals surface area contributed by atoms with E-state index in [1.54, 1.807) is 0 Å². The molecule has 1 amide bonds. The molecule has 21 heavy (non-hydrogen) atoms. The molecule has 0 aliphatic carbocycles. The Morgan fingerprint density at radius 2 is 2.00 bits per heavy atom. The molecule has 0 atom stereocenters. The zero-order chi connectivity index (χ0) is 15.8. The van der Waals surface area contributed by atoms with Crippen LogP contribution in [-0.4, -0.2) is 23.9 Å². The van der Waals surface area contributed by atoms with Crippen molar-refractivity contribution in [2.45, 2.75) is 32.9 Å². The molecule has 116 valence electrons. The number of halogens is 4. The van der Waals surface area contributed by atoms with Gasteiger partial charge in [0, 0.05) is 17.6 Å². The number of hydrogen-bond donors (Lipinski definition) is 0. The first kappa shape index (κ1) is 16.3. The first-order valence-corrected chi connectivity index (χ1v) is 7.55. The molecular formula is C15H17BrF3NO. The summed E-state index contributed by atoms with van der Waals surface area (Å²) in [4.78, 5) is 14.0. The van der Waals surface area contributed by atoms with Crippen LogP contribution in [0.25, 0.3) is 0 Å². The van der Waals surface area contributed by atoms with Gasteiger partial charge >= 0.3 is 6.18 Å². The SMILES string of the molecule is CC1(C)CCCN(C(=O)c2ccc(Br)cc2C(F)(F)F)C1. The summed E-state index contributed by atoms with van der Waals surface area (Å²) in [7, 11) is 0. The van der Waals surface area contributed by atoms with Crippen LogP contribution in [0.3, 0.4) is 0 Å². The predicted octanol–water partition coefficient (Wildman–Crippen LogP) is 4.73. The van der Waals surface area contributed by atoms with Crippen LogP contribution in [0.4, 0.5) is 13.2 Å². The molecule has 1 heterocycles. The molecule has 0 saturated carbocycles. The second-order valence-electron chi connectivity index (χ2n) is 6.18. The first-order valence-electron chi connectivity index (χ1n) is 6.76. The number of benzene rings is 1. The monoisotopic (exact) mass is 363 g/mol. The highest BCUT2D eigenvalue weighted by Crippen LogP contribution is 2.36. The molecule has 1 aromatic carbocycles. The molecule has 0 N–H and O–H groups in total. The number of amides is 1. The van der Waals surface area contributed by atoms with Gasteiger partial charge in [-0.05, 0) is 36.5 Å². The van der Waals surface area contributed by atoms with Crippen molar-refractivity contribution >= 4 is 21.8 Å². The van der Waals surface area contributed by atoms with Crippen molar-refractivity contribution in [3.63, 3.8) is 0 Å². The highest BCUT2D eigenvalue weighted by atomic mass is 79.9. The van der Waals surface area contributed by atoms with Crippen LogP contribution in [0, 0.1) is 5.41 Å². The number of alkyl halides is 3. The zero-order valence-corrected chi connectivity index (χ0v) is 13.5. The van der Waals surface area contributed by atoms with Crippen molar-refractivity contribution in [2.75, 3.05) is 13.1 Å². The number of hydrogen-bond acceptors (Lipinski definition) is 1. The van der Waals surface area contributed by atoms with Gasteiger partial charge in [0.05, 0.1) is 11.1 Å². The van der Waals surface area contributed by atoms with E-state index in [9.17, 15) is 18.0 Å². The van der Waals surface area contributed by atoms with E-state index in [0.29, 0.717) is 17.6 Å². The molecule has 1 saturated heterocycles. The van der Waals surface area contributed by atoms with Crippen LogP contribution in [0.5, 0.6) is 0 Å². The minimum atomic E-state index is -4.54. The van der Waals surface area contributed by atoms with Gasteiger partial charge in [-0.15, -0.1) is 0 Å². The van der Waals surface area contributed by atoms with E-state index in [1.165, 1.54) is 17.0 Å². The third-order valence-corrected chi connectivity index (χ3v) is 4.20. The van der Waals surface area contributed by atoms with Crippen LogP contribution in [-0.2, 0) is 6.18 Å². The second kappa shape index (κ2) is 5.63. The molecule has 0 radical (unpaired) electrons. The van der Waals surface area contributed by atoms with E-state index in [4.69, 9.17) is 0 Å². The van der Waals surface area contributed by atoms with Crippen LogP contribution in [0.1, 0.15) is 42.6 Å². The van der Waals surface area contributed by atoms with Gasteiger partial charge in [-0.2, -0.15) is 13.2 Å². The largest absolute Gasteiger partial charge is 0.417 e. The van der Waals surface area contributed by atoms with E-state index in [2.05, 4.69) is 15.9 Å². The molecule has 1 aliphatic rings. The van der Waals surface area contributed by atoms with Gasteiger partial charge < -0.3 is 4.90 Å². The molecule has 0 unspecified atom stereocenters. The standard InChI is InChI=1S/C15H17BrF3NO/c1-14(2)6-3-7-20(9-14)13(21)11-5-4-10(16)8-12(11)15(17,18)19/h4-5,8H,3,6-7,9H2,1-2H3. The van der Waals surface area contributed by atoms with Gasteiger partial charge in [0.1, 0.15) is 0 Å². The van der Waals surface area contributed by atoms with Gasteiger partial charge in [0.2, 0.25) is 0 Å². The average molecular weight is 364 g/mol. The molecule has 0 spiro atoms. The van der Waals surface area contributed by atoms with Crippen molar-refractivity contribution < 1.29 is 18.0 Å². The van der Waals surface area contributed by atoms with Crippen molar-refractivity contribution in [3.05, 3.63) is 33.8 Å². The summed E-state index contributed by atoms with van der Waals surface area (Å²) in [5.74, 6) is -0.539. The summed E-state index contributed by atoms with van der Waals surface area (Å²) in [5.41, 5.74) is -1.21. The molecule has 1 aliphatic heterocycles. The highest BCUT2D eigenvalue weighted by Gasteiger charge is 2.38. The Kier molecular flexibility index (Phi) is 4.38. The van der Waals surface area contributed by atoms with Gasteiger partial charge in [-0.25, -0.2) is 0 Å². The molecule has 2 nitrogen and oxygen atoms in total. The lowest BCUT2D eigenvalue weighted by molar-refractivity contribution is -0.138. The molecule has 2 rings (SSSR count). The molecule has 0 aromatic heterocycles. The first-order chi connectivity index (χ1) is 9.60. The third kappa shape index (κ3) is 3.78. The summed E-state index contributed by atoms with van der Waals surface area (Å²) in [6.07, 6.45) is -2.75. The normalized spacial score (nSPS) is 18.7. The molecule has 6 heteroatoms. The number of likely N-dealkylation sites (tertiary alicyclic amines) is 1. The Morgan fingerprint density at radius 1 is 1.33 bits per heavy atom. The minimum absolute atomic E-state index is 0.0539. The summed E-state index contributed by atoms with van der Waals surface area (Å²) in [5, 5.41) is 0. The maximum absolute atomic E-state index is 13.1. The molecule has 1 fully saturated rings. The molecular weight excluding hydrogens is 347 g/mol. The topological polar surface area (TPSA) is 20.3 Å². The van der Waals surface area contributed by atoms with Crippen LogP contribution >= 0.6 is 15.9 Å². The van der Waals surface area contributed by atoms with E-state index in [-0.39, 0.29) is 11.0 Å². The Balaban J connectivity index is 2.35. The zero-order valence-electron chi connectivity index (χ0n) is 11.9. The van der Waals surface area contributed by atoms with Gasteiger partial charge in [-0.3, -0.25) is 4.79 Å². The molecule has 1 aromatic rings. The summed E-state index contributed by atoms with van der Waals surface area (Å²) in [6.45, 7) is 5.05. The number of carbonyl (C=O) groups excluding carboxylic acids is 1. The second-order valence-corrected chi connectivity index (χ2v) is 7.10. The summed E-state index contributed by atoms with van der Waals surface area (Å²) in [6, 6.07) is 3.68. The lowest BCUT2D eigenvalue weighted by atomic mass is 9.84. The maximum atomic E-state index is 13.1. The minimum Gasteiger partial charge on any atom is -0.338 e. The quantitative estimate of drug-likeness (QED) is 0.706. The highest BCUT2D eigenvalue weighted by molar-refractivity contribution is 9.10. The van der Waals surface area contributed by atoms with Crippen LogP contribution < -0.4 is 0 Å². The molecule has 0 bridgehead atoms. The van der Waals surface area contributed by atoms with E-state index in [1.807, 2.05) is 13.8 Å². The van der Waals surface area contributed by atoms with E-state index in [0.717, 1.165) is 18.9 Å². The van der Waals surface area contributed by atoms with Crippen molar-refractivity contribution in [2.24, 2.45) is 5.41 Å². The van der Waals surface area contributed by atoms with Gasteiger partial charge in [-0.1, -0.05) is 29.8 Å². The lowest BCUT2D eigenvalue weighted by Gasteiger charge is -2.38. The number of piperidine rings is 1. The van der Waals surface area contributed by atoms with Crippen molar-refractivity contribution in [1.82, 2.24) is 4.90 Å². The number of rotatable bonds is 1. The Morgan fingerprint density at radius 3 is 2.57 bits per heavy atom. The maximum Gasteiger partial charge on any atom is 0.417 e. The fourth-order valence-electron chi connectivity index (χ4n) is 2.70. The fraction of sp³-hybridized carbons (Fsp3) is 0.533. The smallest absolute Gasteiger partial charge is 0.338 e. The van der Waals surface area contributed by atoms with Crippen LogP contribution in [0.2, 0.25) is 0 Å². The van der Waals surface area contributed by atoms with E-state index < -0.39 is 17.6 Å². The van der Waals surface area contributed by atoms with Crippen molar-refractivity contribution in [3.8, 4) is 0 Å². The van der Waals surface area contributed by atoms with E-state index >= 15 is 0 Å². The Hall–Kier alpha value is -1.04. The summed E-state index contributed by atoms with van der Waals surface area (Å²) >= 11 is 3.03. The van der Waals surface area contributed by atoms with Gasteiger partial charge in [0.15, 0.2) is 0 Å².